The average Bonchev–Trinajstić information content (AvgIpc) is 3.25. The van der Waals surface area contributed by atoms with Crippen LogP contribution in [0.5, 0.6) is 0 Å². The van der Waals surface area contributed by atoms with Gasteiger partial charge in [-0.25, -0.2) is 0 Å². The molecule has 2 unspecified atom stereocenters. The zero-order valence-electron chi connectivity index (χ0n) is 21.8. The first-order valence-electron chi connectivity index (χ1n) is 14.1. The summed E-state index contributed by atoms with van der Waals surface area (Å²) in [6, 6.07) is 0. The second-order valence-corrected chi connectivity index (χ2v) is 15.2. The van der Waals surface area contributed by atoms with E-state index < -0.39 is 0 Å². The van der Waals surface area contributed by atoms with Crippen molar-refractivity contribution in [3.63, 3.8) is 0 Å². The lowest BCUT2D eigenvalue weighted by molar-refractivity contribution is -0.104. The summed E-state index contributed by atoms with van der Waals surface area (Å²) in [5.74, 6) is 6.92. The van der Waals surface area contributed by atoms with E-state index in [0.717, 1.165) is 47.3 Å². The first kappa shape index (κ1) is 21.5. The molecule has 0 N–H and O–H groups in total. The maximum absolute atomic E-state index is 7.49. The van der Waals surface area contributed by atoms with E-state index >= 15 is 0 Å². The molecule has 0 aromatic carbocycles. The van der Waals surface area contributed by atoms with Gasteiger partial charge in [0.15, 0.2) is 0 Å². The Balaban J connectivity index is 1.33. The lowest BCUT2D eigenvalue weighted by Crippen LogP contribution is -2.42. The van der Waals surface area contributed by atoms with Crippen LogP contribution >= 0.6 is 0 Å². The molecule has 6 rings (SSSR count). The highest BCUT2D eigenvalue weighted by Crippen LogP contribution is 2.75. The summed E-state index contributed by atoms with van der Waals surface area (Å²) in [7, 11) is 0. The normalized spacial score (nSPS) is 60.8. The molecular weight excluding hydrogens is 376 g/mol. The van der Waals surface area contributed by atoms with Crippen molar-refractivity contribution in [3.05, 3.63) is 0 Å². The van der Waals surface area contributed by atoms with Crippen molar-refractivity contribution in [2.75, 3.05) is 0 Å². The molecule has 176 valence electrons. The molecule has 0 heterocycles. The van der Waals surface area contributed by atoms with Crippen LogP contribution in [0, 0.1) is 69.0 Å². The van der Waals surface area contributed by atoms with Gasteiger partial charge in [-0.3, -0.25) is 0 Å². The van der Waals surface area contributed by atoms with Gasteiger partial charge in [-0.05, 0) is 120 Å². The Morgan fingerprint density at radius 2 is 1.00 bits per heavy atom. The summed E-state index contributed by atoms with van der Waals surface area (Å²) < 4.78 is 7.49. The molecule has 1 nitrogen and oxygen atoms in total. The number of fused-ring (bicyclic) bond motifs is 2. The van der Waals surface area contributed by atoms with Crippen molar-refractivity contribution in [2.45, 2.75) is 119 Å². The quantitative estimate of drug-likeness (QED) is 0.435. The van der Waals surface area contributed by atoms with E-state index in [1.165, 1.54) is 51.4 Å². The minimum Gasteiger partial charge on any atom is -0.374 e. The molecule has 12 atom stereocenters. The molecule has 1 heteroatoms. The predicted octanol–water partition coefficient (Wildman–Crippen LogP) is 7.98. The van der Waals surface area contributed by atoms with E-state index in [9.17, 15) is 0 Å². The fourth-order valence-electron chi connectivity index (χ4n) is 12.5. The Morgan fingerprint density at radius 1 is 0.613 bits per heavy atom. The molecule has 0 saturated heterocycles. The summed E-state index contributed by atoms with van der Waals surface area (Å²) in [6.45, 7) is 20.8. The van der Waals surface area contributed by atoms with Crippen LogP contribution in [-0.4, -0.2) is 12.2 Å². The average molecular weight is 427 g/mol. The number of rotatable bonds is 2. The monoisotopic (exact) mass is 426 g/mol. The predicted molar refractivity (Wildman–Crippen MR) is 129 cm³/mol. The highest BCUT2D eigenvalue weighted by atomic mass is 16.5. The Labute approximate surface area is 192 Å². The van der Waals surface area contributed by atoms with Crippen LogP contribution in [0.1, 0.15) is 107 Å². The highest BCUT2D eigenvalue weighted by molar-refractivity contribution is 5.19. The fourth-order valence-corrected chi connectivity index (χ4v) is 12.5. The third-order valence-electron chi connectivity index (χ3n) is 13.7. The van der Waals surface area contributed by atoms with E-state index in [2.05, 4.69) is 55.4 Å². The van der Waals surface area contributed by atoms with E-state index in [1.54, 1.807) is 0 Å². The van der Waals surface area contributed by atoms with Gasteiger partial charge in [0.25, 0.3) is 0 Å². The lowest BCUT2D eigenvalue weighted by atomic mass is 9.66. The summed E-state index contributed by atoms with van der Waals surface area (Å²) >= 11 is 0. The fraction of sp³-hybridized carbons (Fsp3) is 1.00. The molecule has 6 fully saturated rings. The minimum absolute atomic E-state index is 0.447. The van der Waals surface area contributed by atoms with Crippen molar-refractivity contribution < 1.29 is 4.74 Å². The summed E-state index contributed by atoms with van der Waals surface area (Å²) in [4.78, 5) is 0. The molecule has 0 aromatic heterocycles. The molecule has 0 aliphatic heterocycles. The number of ether oxygens (including phenoxy) is 1. The SMILES string of the molecule is C[C@@H]1CC[C@@]23C[C@@H]1C(C)(C)[C@@H]2C(OC1C[C@@H](C)[C@]24CC[C@@H](C)[C@H](C2)C(C)(C)[C@H]14)C[C@H]3C. The zero-order chi connectivity index (χ0) is 22.1. The molecule has 31 heavy (non-hydrogen) atoms. The van der Waals surface area contributed by atoms with E-state index in [4.69, 9.17) is 4.74 Å². The summed E-state index contributed by atoms with van der Waals surface area (Å²) in [5.41, 5.74) is 2.07. The van der Waals surface area contributed by atoms with Crippen molar-refractivity contribution in [1.82, 2.24) is 0 Å². The molecule has 6 aliphatic rings. The van der Waals surface area contributed by atoms with Crippen LogP contribution in [0.2, 0.25) is 0 Å². The molecule has 6 aliphatic carbocycles. The van der Waals surface area contributed by atoms with E-state index in [-0.39, 0.29) is 0 Å². The van der Waals surface area contributed by atoms with Crippen molar-refractivity contribution in [2.24, 2.45) is 69.0 Å². The van der Waals surface area contributed by atoms with Crippen LogP contribution in [0.25, 0.3) is 0 Å². The Bertz CT molecular complexity index is 690. The molecule has 0 aromatic rings. The van der Waals surface area contributed by atoms with Gasteiger partial charge >= 0.3 is 0 Å². The van der Waals surface area contributed by atoms with Gasteiger partial charge in [-0.1, -0.05) is 55.4 Å². The zero-order valence-corrected chi connectivity index (χ0v) is 21.8. The van der Waals surface area contributed by atoms with Gasteiger partial charge in [-0.15, -0.1) is 0 Å². The molecular formula is C30H50O. The van der Waals surface area contributed by atoms with Crippen LogP contribution in [0.15, 0.2) is 0 Å². The van der Waals surface area contributed by atoms with Gasteiger partial charge in [-0.2, -0.15) is 0 Å². The number of hydrogen-bond donors (Lipinski definition) is 0. The van der Waals surface area contributed by atoms with Crippen LogP contribution in [0.4, 0.5) is 0 Å². The molecule has 0 radical (unpaired) electrons. The largest absolute Gasteiger partial charge is 0.374 e. The third-order valence-corrected chi connectivity index (χ3v) is 13.7. The molecule has 6 saturated carbocycles. The Kier molecular flexibility index (Phi) is 4.39. The third kappa shape index (κ3) is 2.44. The van der Waals surface area contributed by atoms with Crippen molar-refractivity contribution in [3.8, 4) is 0 Å². The van der Waals surface area contributed by atoms with Gasteiger partial charge in [0.05, 0.1) is 12.2 Å². The van der Waals surface area contributed by atoms with Gasteiger partial charge in [0, 0.05) is 0 Å². The molecule has 2 spiro atoms. The highest BCUT2D eigenvalue weighted by Gasteiger charge is 2.71. The lowest BCUT2D eigenvalue weighted by Gasteiger charge is -2.42. The Morgan fingerprint density at radius 3 is 1.39 bits per heavy atom. The topological polar surface area (TPSA) is 9.23 Å². The van der Waals surface area contributed by atoms with Gasteiger partial charge in [0.2, 0.25) is 0 Å². The second kappa shape index (κ2) is 6.34. The van der Waals surface area contributed by atoms with E-state index in [0.29, 0.717) is 33.9 Å². The standard InChI is InChI=1S/C30H50O/c1-17-9-11-29-15-21(17)27(5,6)25(29)23(13-19(29)3)31-24-14-20(4)30-12-10-18(2)22(16-30)28(7,8)26(24)30/h17-26H,9-16H2,1-8H3/t17-,18-,19-,20-,21+,22+,23?,24?,25+,26+,29+,30+/m1/s1. The smallest absolute Gasteiger partial charge is 0.0620 e. The summed E-state index contributed by atoms with van der Waals surface area (Å²) in [5, 5.41) is 0. The van der Waals surface area contributed by atoms with Gasteiger partial charge in [0.1, 0.15) is 0 Å². The maximum Gasteiger partial charge on any atom is 0.0620 e. The Hall–Kier alpha value is -0.0400. The van der Waals surface area contributed by atoms with Crippen molar-refractivity contribution >= 4 is 0 Å². The minimum atomic E-state index is 0.447. The van der Waals surface area contributed by atoms with Crippen LogP contribution in [0.3, 0.4) is 0 Å². The number of hydrogen-bond acceptors (Lipinski definition) is 1. The molecule has 0 amide bonds. The first-order valence-corrected chi connectivity index (χ1v) is 14.1. The summed E-state index contributed by atoms with van der Waals surface area (Å²) in [6.07, 6.45) is 12.5. The van der Waals surface area contributed by atoms with Gasteiger partial charge < -0.3 is 4.74 Å². The first-order chi connectivity index (χ1) is 14.4. The van der Waals surface area contributed by atoms with Crippen LogP contribution in [-0.2, 0) is 4.74 Å². The molecule has 4 bridgehead atoms. The second-order valence-electron chi connectivity index (χ2n) is 15.2. The van der Waals surface area contributed by atoms with Crippen LogP contribution < -0.4 is 0 Å². The maximum atomic E-state index is 7.49. The van der Waals surface area contributed by atoms with Crippen molar-refractivity contribution in [1.29, 1.82) is 0 Å². The van der Waals surface area contributed by atoms with E-state index in [1.807, 2.05) is 0 Å².